The normalized spacial score (nSPS) is 11.0. The SMILES string of the molecule is O=C(Cc1ccc(Cl)s1)N(Cc1ccccc1)c1nc2ccccc2s1. The molecule has 2 heterocycles. The van der Waals surface area contributed by atoms with Crippen LogP contribution in [0.1, 0.15) is 10.4 Å². The van der Waals surface area contributed by atoms with Gasteiger partial charge >= 0.3 is 0 Å². The summed E-state index contributed by atoms with van der Waals surface area (Å²) in [4.78, 5) is 20.5. The number of amides is 1. The van der Waals surface area contributed by atoms with Crippen molar-refractivity contribution in [2.75, 3.05) is 4.90 Å². The number of thiazole rings is 1. The number of thiophene rings is 1. The number of para-hydroxylation sites is 1. The van der Waals surface area contributed by atoms with Crippen molar-refractivity contribution in [2.24, 2.45) is 0 Å². The molecule has 4 rings (SSSR count). The summed E-state index contributed by atoms with van der Waals surface area (Å²) >= 11 is 8.99. The van der Waals surface area contributed by atoms with Gasteiger partial charge in [0.05, 0.1) is 27.5 Å². The number of benzene rings is 2. The first-order valence-corrected chi connectivity index (χ1v) is 10.1. The van der Waals surface area contributed by atoms with Crippen molar-refractivity contribution >= 4 is 55.5 Å². The zero-order chi connectivity index (χ0) is 17.9. The van der Waals surface area contributed by atoms with Crippen LogP contribution in [0.3, 0.4) is 0 Å². The predicted molar refractivity (Wildman–Crippen MR) is 110 cm³/mol. The predicted octanol–water partition coefficient (Wildman–Crippen LogP) is 5.79. The topological polar surface area (TPSA) is 33.2 Å². The Morgan fingerprint density at radius 2 is 1.73 bits per heavy atom. The van der Waals surface area contributed by atoms with Gasteiger partial charge in [0.2, 0.25) is 5.91 Å². The highest BCUT2D eigenvalue weighted by atomic mass is 35.5. The van der Waals surface area contributed by atoms with Crippen LogP contribution >= 0.6 is 34.3 Å². The molecule has 0 radical (unpaired) electrons. The van der Waals surface area contributed by atoms with Crippen LogP contribution in [0.4, 0.5) is 5.13 Å². The van der Waals surface area contributed by atoms with E-state index in [1.807, 2.05) is 66.7 Å². The molecule has 0 unspecified atom stereocenters. The van der Waals surface area contributed by atoms with E-state index < -0.39 is 0 Å². The van der Waals surface area contributed by atoms with E-state index in [2.05, 4.69) is 4.98 Å². The molecule has 0 saturated heterocycles. The molecule has 0 bridgehead atoms. The minimum absolute atomic E-state index is 0.0198. The van der Waals surface area contributed by atoms with Gasteiger partial charge in [-0.1, -0.05) is 65.4 Å². The molecule has 1 amide bonds. The number of anilines is 1. The van der Waals surface area contributed by atoms with Gasteiger partial charge in [-0.05, 0) is 29.8 Å². The van der Waals surface area contributed by atoms with Crippen LogP contribution in [0.15, 0.2) is 66.7 Å². The molecule has 0 aliphatic carbocycles. The summed E-state index contributed by atoms with van der Waals surface area (Å²) < 4.78 is 1.77. The Bertz CT molecular complexity index is 1010. The monoisotopic (exact) mass is 398 g/mol. The Morgan fingerprint density at radius 1 is 0.962 bits per heavy atom. The van der Waals surface area contributed by atoms with Gasteiger partial charge < -0.3 is 0 Å². The molecule has 0 saturated carbocycles. The first-order valence-electron chi connectivity index (χ1n) is 8.13. The smallest absolute Gasteiger partial charge is 0.234 e. The molecule has 2 aromatic heterocycles. The molecule has 4 aromatic rings. The number of hydrogen-bond acceptors (Lipinski definition) is 4. The molecule has 6 heteroatoms. The largest absolute Gasteiger partial charge is 0.283 e. The number of hydrogen-bond donors (Lipinski definition) is 0. The number of nitrogens with zero attached hydrogens (tertiary/aromatic N) is 2. The summed E-state index contributed by atoms with van der Waals surface area (Å²) in [5.74, 6) is 0.0198. The molecule has 0 aliphatic heterocycles. The van der Waals surface area contributed by atoms with Crippen molar-refractivity contribution in [3.05, 3.63) is 81.5 Å². The van der Waals surface area contributed by atoms with Gasteiger partial charge in [-0.2, -0.15) is 0 Å². The molecule has 130 valence electrons. The lowest BCUT2D eigenvalue weighted by molar-refractivity contribution is -0.118. The van der Waals surface area contributed by atoms with E-state index in [1.165, 1.54) is 11.3 Å². The van der Waals surface area contributed by atoms with Gasteiger partial charge in [-0.15, -0.1) is 11.3 Å². The lowest BCUT2D eigenvalue weighted by Crippen LogP contribution is -2.31. The highest BCUT2D eigenvalue weighted by Gasteiger charge is 2.21. The Hall–Kier alpha value is -2.21. The van der Waals surface area contributed by atoms with Crippen LogP contribution in [0.2, 0.25) is 4.34 Å². The molecule has 3 nitrogen and oxygen atoms in total. The number of aromatic nitrogens is 1. The average molecular weight is 399 g/mol. The van der Waals surface area contributed by atoms with E-state index >= 15 is 0 Å². The summed E-state index contributed by atoms with van der Waals surface area (Å²) in [7, 11) is 0. The van der Waals surface area contributed by atoms with E-state index in [0.29, 0.717) is 17.3 Å². The van der Waals surface area contributed by atoms with Crippen molar-refractivity contribution in [2.45, 2.75) is 13.0 Å². The van der Waals surface area contributed by atoms with Gasteiger partial charge in [0.1, 0.15) is 0 Å². The van der Waals surface area contributed by atoms with Crippen LogP contribution in [-0.4, -0.2) is 10.9 Å². The highest BCUT2D eigenvalue weighted by molar-refractivity contribution is 7.22. The molecule has 0 fully saturated rings. The van der Waals surface area contributed by atoms with E-state index in [-0.39, 0.29) is 5.91 Å². The number of carbonyl (C=O) groups excluding carboxylic acids is 1. The fraction of sp³-hybridized carbons (Fsp3) is 0.100. The van der Waals surface area contributed by atoms with Crippen LogP contribution in [0, 0.1) is 0 Å². The molecule has 0 aliphatic rings. The molecule has 0 atom stereocenters. The number of halogens is 1. The third-order valence-electron chi connectivity index (χ3n) is 3.95. The Kier molecular flexibility index (Phi) is 5.02. The maximum Gasteiger partial charge on any atom is 0.234 e. The van der Waals surface area contributed by atoms with Gasteiger partial charge in [-0.3, -0.25) is 9.69 Å². The minimum Gasteiger partial charge on any atom is -0.283 e. The van der Waals surface area contributed by atoms with Crippen molar-refractivity contribution in [3.63, 3.8) is 0 Å². The second kappa shape index (κ2) is 7.58. The van der Waals surface area contributed by atoms with E-state index in [0.717, 1.165) is 25.8 Å². The van der Waals surface area contributed by atoms with Crippen molar-refractivity contribution in [3.8, 4) is 0 Å². The van der Waals surface area contributed by atoms with E-state index in [4.69, 9.17) is 11.6 Å². The zero-order valence-electron chi connectivity index (χ0n) is 13.8. The van der Waals surface area contributed by atoms with Crippen LogP contribution in [0.5, 0.6) is 0 Å². The number of carbonyl (C=O) groups is 1. The second-order valence-electron chi connectivity index (χ2n) is 5.81. The third kappa shape index (κ3) is 3.80. The molecule has 0 spiro atoms. The first-order chi connectivity index (χ1) is 12.7. The Balaban J connectivity index is 1.67. The number of rotatable bonds is 5. The fourth-order valence-corrected chi connectivity index (χ4v) is 4.76. The van der Waals surface area contributed by atoms with Crippen molar-refractivity contribution in [1.82, 2.24) is 4.98 Å². The number of fused-ring (bicyclic) bond motifs is 1. The standard InChI is InChI=1S/C20H15ClN2OS2/c21-18-11-10-15(25-18)12-19(24)23(13-14-6-2-1-3-7-14)20-22-16-8-4-5-9-17(16)26-20/h1-11H,12-13H2. The molecule has 2 aromatic carbocycles. The van der Waals surface area contributed by atoms with Crippen LogP contribution in [-0.2, 0) is 17.8 Å². The van der Waals surface area contributed by atoms with E-state index in [9.17, 15) is 4.79 Å². The van der Waals surface area contributed by atoms with Crippen LogP contribution in [0.25, 0.3) is 10.2 Å². The van der Waals surface area contributed by atoms with Gasteiger partial charge in [-0.25, -0.2) is 4.98 Å². The molecule has 26 heavy (non-hydrogen) atoms. The Morgan fingerprint density at radius 3 is 2.46 bits per heavy atom. The van der Waals surface area contributed by atoms with Gasteiger partial charge in [0, 0.05) is 4.88 Å². The lowest BCUT2D eigenvalue weighted by atomic mass is 10.2. The summed E-state index contributed by atoms with van der Waals surface area (Å²) in [6.07, 6.45) is 0.320. The second-order valence-corrected chi connectivity index (χ2v) is 8.62. The third-order valence-corrected chi connectivity index (χ3v) is 6.24. The maximum absolute atomic E-state index is 13.1. The molecule has 0 N–H and O–H groups in total. The highest BCUT2D eigenvalue weighted by Crippen LogP contribution is 2.31. The van der Waals surface area contributed by atoms with Gasteiger partial charge in [0.25, 0.3) is 0 Å². The maximum atomic E-state index is 13.1. The first kappa shape index (κ1) is 17.2. The van der Waals surface area contributed by atoms with Crippen LogP contribution < -0.4 is 4.90 Å². The van der Waals surface area contributed by atoms with Gasteiger partial charge in [0.15, 0.2) is 5.13 Å². The fourth-order valence-electron chi connectivity index (χ4n) is 2.70. The summed E-state index contributed by atoms with van der Waals surface area (Å²) in [6.45, 7) is 0.499. The summed E-state index contributed by atoms with van der Waals surface area (Å²) in [6, 6.07) is 21.7. The molecular formula is C20H15ClN2OS2. The zero-order valence-corrected chi connectivity index (χ0v) is 16.2. The molecular weight excluding hydrogens is 384 g/mol. The Labute approximate surface area is 164 Å². The quantitative estimate of drug-likeness (QED) is 0.426. The van der Waals surface area contributed by atoms with E-state index in [1.54, 1.807) is 16.2 Å². The minimum atomic E-state index is 0.0198. The summed E-state index contributed by atoms with van der Waals surface area (Å²) in [5.41, 5.74) is 1.99. The lowest BCUT2D eigenvalue weighted by Gasteiger charge is -2.19. The van der Waals surface area contributed by atoms with Crippen molar-refractivity contribution < 1.29 is 4.79 Å². The van der Waals surface area contributed by atoms with Crippen molar-refractivity contribution in [1.29, 1.82) is 0 Å². The average Bonchev–Trinajstić information content (AvgIpc) is 3.26. The summed E-state index contributed by atoms with van der Waals surface area (Å²) in [5, 5.41) is 0.725.